The lowest BCUT2D eigenvalue weighted by Gasteiger charge is -2.14. The zero-order chi connectivity index (χ0) is 14.4. The van der Waals surface area contributed by atoms with Crippen molar-refractivity contribution in [2.45, 2.75) is 6.42 Å². The van der Waals surface area contributed by atoms with E-state index in [9.17, 15) is 4.79 Å². The summed E-state index contributed by atoms with van der Waals surface area (Å²) in [6, 6.07) is 6.91. The number of rotatable bonds is 3. The first-order chi connectivity index (χ1) is 9.69. The molecular weight excluding hydrogens is 256 g/mol. The molecule has 1 aliphatic rings. The molecule has 1 aliphatic heterocycles. The van der Waals surface area contributed by atoms with Gasteiger partial charge in [0.05, 0.1) is 24.9 Å². The van der Waals surface area contributed by atoms with Crippen molar-refractivity contribution in [3.63, 3.8) is 0 Å². The minimum Gasteiger partial charge on any atom is -0.465 e. The largest absolute Gasteiger partial charge is 0.465 e. The third-order valence-electron chi connectivity index (χ3n) is 3.27. The normalized spacial score (nSPS) is 17.2. The summed E-state index contributed by atoms with van der Waals surface area (Å²) >= 11 is 0. The van der Waals surface area contributed by atoms with Crippen molar-refractivity contribution < 1.29 is 9.53 Å². The van der Waals surface area contributed by atoms with Crippen molar-refractivity contribution in [2.24, 2.45) is 10.3 Å². The molecule has 0 saturated carbocycles. The highest BCUT2D eigenvalue weighted by molar-refractivity contribution is 5.89. The van der Waals surface area contributed by atoms with E-state index in [1.807, 2.05) is 5.01 Å². The summed E-state index contributed by atoms with van der Waals surface area (Å²) in [7, 11) is 3.48. The fraction of sp³-hybridized carbons (Fsp3) is 0.500. The van der Waals surface area contributed by atoms with E-state index in [-0.39, 0.29) is 5.97 Å². The Morgan fingerprint density at radius 2 is 1.90 bits per heavy atom. The van der Waals surface area contributed by atoms with Gasteiger partial charge in [-0.3, -0.25) is 5.01 Å². The molecule has 0 amide bonds. The Kier molecular flexibility index (Phi) is 5.06. The van der Waals surface area contributed by atoms with Gasteiger partial charge in [-0.25, -0.2) is 4.79 Å². The second kappa shape index (κ2) is 7.00. The molecular formula is C14H20N4O2. The molecule has 2 rings (SSSR count). The fourth-order valence-corrected chi connectivity index (χ4v) is 2.02. The Morgan fingerprint density at radius 1 is 1.15 bits per heavy atom. The van der Waals surface area contributed by atoms with Crippen LogP contribution in [0.4, 0.5) is 5.69 Å². The molecule has 20 heavy (non-hydrogen) atoms. The molecule has 6 heteroatoms. The molecule has 6 nitrogen and oxygen atoms in total. The zero-order valence-corrected chi connectivity index (χ0v) is 12.0. The highest BCUT2D eigenvalue weighted by Crippen LogP contribution is 2.15. The molecule has 0 radical (unpaired) electrons. The molecule has 0 atom stereocenters. The van der Waals surface area contributed by atoms with Gasteiger partial charge in [-0.2, -0.15) is 0 Å². The molecule has 1 aromatic carbocycles. The Morgan fingerprint density at radius 3 is 2.60 bits per heavy atom. The Labute approximate surface area is 119 Å². The van der Waals surface area contributed by atoms with Gasteiger partial charge in [0.25, 0.3) is 0 Å². The van der Waals surface area contributed by atoms with Crippen LogP contribution in [0.1, 0.15) is 16.8 Å². The summed E-state index contributed by atoms with van der Waals surface area (Å²) in [6.45, 7) is 3.91. The summed E-state index contributed by atoms with van der Waals surface area (Å²) in [4.78, 5) is 13.6. The lowest BCUT2D eigenvalue weighted by molar-refractivity contribution is 0.0601. The van der Waals surface area contributed by atoms with Crippen LogP contribution in [0.2, 0.25) is 0 Å². The number of benzene rings is 1. The molecule has 0 N–H and O–H groups in total. The molecule has 0 spiro atoms. The van der Waals surface area contributed by atoms with Gasteiger partial charge in [0.2, 0.25) is 0 Å². The third kappa shape index (κ3) is 4.03. The molecule has 1 heterocycles. The minimum absolute atomic E-state index is 0.343. The van der Waals surface area contributed by atoms with Crippen LogP contribution in [0.5, 0.6) is 0 Å². The van der Waals surface area contributed by atoms with Gasteiger partial charge in [-0.05, 0) is 44.3 Å². The van der Waals surface area contributed by atoms with Crippen LogP contribution >= 0.6 is 0 Å². The van der Waals surface area contributed by atoms with Crippen LogP contribution in [-0.4, -0.2) is 56.2 Å². The quantitative estimate of drug-likeness (QED) is 0.626. The van der Waals surface area contributed by atoms with Crippen LogP contribution in [-0.2, 0) is 4.74 Å². The predicted octanol–water partition coefficient (Wildman–Crippen LogP) is 2.11. The van der Waals surface area contributed by atoms with E-state index >= 15 is 0 Å². The van der Waals surface area contributed by atoms with Crippen LogP contribution in [0, 0.1) is 0 Å². The van der Waals surface area contributed by atoms with Crippen molar-refractivity contribution >= 4 is 11.7 Å². The van der Waals surface area contributed by atoms with Crippen molar-refractivity contribution in [3.05, 3.63) is 29.8 Å². The van der Waals surface area contributed by atoms with E-state index in [2.05, 4.69) is 27.0 Å². The summed E-state index contributed by atoms with van der Waals surface area (Å²) in [6.07, 6.45) is 1.09. The second-order valence-electron chi connectivity index (χ2n) is 4.84. The first kappa shape index (κ1) is 14.5. The SMILES string of the molecule is COC(=O)c1ccc(N=NN2CCCN(C)CC2)cc1. The molecule has 0 aliphatic carbocycles. The van der Waals surface area contributed by atoms with Gasteiger partial charge in [0, 0.05) is 13.1 Å². The van der Waals surface area contributed by atoms with Crippen LogP contribution < -0.4 is 0 Å². The van der Waals surface area contributed by atoms with E-state index in [1.54, 1.807) is 24.3 Å². The van der Waals surface area contributed by atoms with Crippen LogP contribution in [0.15, 0.2) is 34.6 Å². The van der Waals surface area contributed by atoms with Crippen molar-refractivity contribution in [2.75, 3.05) is 40.3 Å². The smallest absolute Gasteiger partial charge is 0.337 e. The Hall–Kier alpha value is -1.95. The monoisotopic (exact) mass is 276 g/mol. The van der Waals surface area contributed by atoms with E-state index in [4.69, 9.17) is 0 Å². The number of likely N-dealkylation sites (N-methyl/N-ethyl adjacent to an activating group) is 1. The van der Waals surface area contributed by atoms with Gasteiger partial charge in [0.15, 0.2) is 0 Å². The Bertz CT molecular complexity index is 473. The number of hydrogen-bond donors (Lipinski definition) is 0. The highest BCUT2D eigenvalue weighted by atomic mass is 16.5. The number of hydrogen-bond acceptors (Lipinski definition) is 5. The number of methoxy groups -OCH3 is 1. The molecule has 0 unspecified atom stereocenters. The maximum absolute atomic E-state index is 11.3. The first-order valence-electron chi connectivity index (χ1n) is 6.72. The van der Waals surface area contributed by atoms with Gasteiger partial charge in [0.1, 0.15) is 0 Å². The molecule has 0 bridgehead atoms. The molecule has 108 valence electrons. The van der Waals surface area contributed by atoms with Crippen molar-refractivity contribution in [1.82, 2.24) is 9.91 Å². The minimum atomic E-state index is -0.343. The number of esters is 1. The molecule has 1 saturated heterocycles. The first-order valence-corrected chi connectivity index (χ1v) is 6.72. The van der Waals surface area contributed by atoms with Gasteiger partial charge >= 0.3 is 5.97 Å². The van der Waals surface area contributed by atoms with Gasteiger partial charge in [-0.1, -0.05) is 5.22 Å². The fourth-order valence-electron chi connectivity index (χ4n) is 2.02. The maximum atomic E-state index is 11.3. The lowest BCUT2D eigenvalue weighted by Crippen LogP contribution is -2.24. The average molecular weight is 276 g/mol. The maximum Gasteiger partial charge on any atom is 0.337 e. The zero-order valence-electron chi connectivity index (χ0n) is 12.0. The highest BCUT2D eigenvalue weighted by Gasteiger charge is 2.10. The summed E-state index contributed by atoms with van der Waals surface area (Å²) in [5, 5.41) is 10.4. The second-order valence-corrected chi connectivity index (χ2v) is 4.84. The van der Waals surface area contributed by atoms with Crippen LogP contribution in [0.3, 0.4) is 0 Å². The number of nitrogens with zero attached hydrogens (tertiary/aromatic N) is 4. The van der Waals surface area contributed by atoms with Gasteiger partial charge < -0.3 is 9.64 Å². The standard InChI is InChI=1S/C14H20N4O2/c1-17-8-3-9-18(11-10-17)16-15-13-6-4-12(5-7-13)14(19)20-2/h4-7H,3,8-11H2,1-2H3. The lowest BCUT2D eigenvalue weighted by atomic mass is 10.2. The summed E-state index contributed by atoms with van der Waals surface area (Å²) in [5.41, 5.74) is 1.25. The third-order valence-corrected chi connectivity index (χ3v) is 3.27. The molecule has 1 fully saturated rings. The van der Waals surface area contributed by atoms with Gasteiger partial charge in [-0.15, -0.1) is 5.11 Å². The average Bonchev–Trinajstić information content (AvgIpc) is 2.69. The van der Waals surface area contributed by atoms with E-state index in [0.29, 0.717) is 5.56 Å². The van der Waals surface area contributed by atoms with Crippen molar-refractivity contribution in [1.29, 1.82) is 0 Å². The molecule has 0 aromatic heterocycles. The summed E-state index contributed by atoms with van der Waals surface area (Å²) in [5.74, 6) is -0.343. The van der Waals surface area contributed by atoms with E-state index in [0.717, 1.165) is 38.3 Å². The summed E-state index contributed by atoms with van der Waals surface area (Å²) < 4.78 is 4.65. The predicted molar refractivity (Wildman–Crippen MR) is 76.0 cm³/mol. The Balaban J connectivity index is 1.95. The topological polar surface area (TPSA) is 57.5 Å². The number of carbonyl (C=O) groups excluding carboxylic acids is 1. The number of ether oxygens (including phenoxy) is 1. The molecule has 1 aromatic rings. The van der Waals surface area contributed by atoms with E-state index in [1.165, 1.54) is 7.11 Å². The van der Waals surface area contributed by atoms with Crippen LogP contribution in [0.25, 0.3) is 0 Å². The number of carbonyl (C=O) groups is 1. The van der Waals surface area contributed by atoms with Crippen molar-refractivity contribution in [3.8, 4) is 0 Å². The van der Waals surface area contributed by atoms with E-state index < -0.39 is 0 Å².